The Morgan fingerprint density at radius 2 is 1.77 bits per heavy atom. The number of ketones is 1. The second kappa shape index (κ2) is 7.49. The number of aromatic nitrogens is 4. The van der Waals surface area contributed by atoms with E-state index in [1.54, 1.807) is 12.4 Å². The molecule has 0 bridgehead atoms. The zero-order valence-electron chi connectivity index (χ0n) is 16.2. The van der Waals surface area contributed by atoms with Crippen molar-refractivity contribution in [3.63, 3.8) is 0 Å². The summed E-state index contributed by atoms with van der Waals surface area (Å²) >= 11 is 0. The molecule has 156 valence electrons. The molecular formula is C21H18N6O3S. The van der Waals surface area contributed by atoms with Crippen LogP contribution in [0.1, 0.15) is 16.1 Å². The van der Waals surface area contributed by atoms with E-state index in [4.69, 9.17) is 0 Å². The van der Waals surface area contributed by atoms with Crippen LogP contribution in [0.4, 0.5) is 11.4 Å². The first-order chi connectivity index (χ1) is 15.0. The number of Topliss-reactive ketones (excluding diaryl/α,β-unsaturated/α-hetero) is 1. The van der Waals surface area contributed by atoms with E-state index in [1.165, 1.54) is 12.5 Å². The summed E-state index contributed by atoms with van der Waals surface area (Å²) < 4.78 is 27.0. The fourth-order valence-electron chi connectivity index (χ4n) is 3.67. The van der Waals surface area contributed by atoms with Gasteiger partial charge < -0.3 is 15.3 Å². The van der Waals surface area contributed by atoms with Crippen molar-refractivity contribution in [3.8, 4) is 11.3 Å². The van der Waals surface area contributed by atoms with Crippen molar-refractivity contribution in [3.05, 3.63) is 78.6 Å². The highest BCUT2D eigenvalue weighted by molar-refractivity contribution is 7.89. The summed E-state index contributed by atoms with van der Waals surface area (Å²) in [5.41, 5.74) is 3.97. The Kier molecular flexibility index (Phi) is 4.64. The SMILES string of the molecule is O=C1CN(S(=O)(=O)c2cnc[nH]2)Cc2[nH]c(-c3ccncc3)c(Nc3ccccc3)c21. The lowest BCUT2D eigenvalue weighted by molar-refractivity contribution is 0.0950. The van der Waals surface area contributed by atoms with E-state index in [9.17, 15) is 13.2 Å². The molecule has 1 aliphatic rings. The predicted octanol–water partition coefficient (Wildman–Crippen LogP) is 2.93. The Bertz CT molecular complexity index is 1330. The molecule has 1 aromatic carbocycles. The van der Waals surface area contributed by atoms with Gasteiger partial charge in [-0.1, -0.05) is 18.2 Å². The van der Waals surface area contributed by atoms with Crippen LogP contribution in [0.25, 0.3) is 11.3 Å². The van der Waals surface area contributed by atoms with Crippen molar-refractivity contribution in [2.75, 3.05) is 11.9 Å². The number of sulfonamides is 1. The summed E-state index contributed by atoms with van der Waals surface area (Å²) in [6.07, 6.45) is 5.85. The minimum absolute atomic E-state index is 0.0387. The van der Waals surface area contributed by atoms with Crippen LogP contribution >= 0.6 is 0 Å². The van der Waals surface area contributed by atoms with Crippen molar-refractivity contribution in [1.29, 1.82) is 0 Å². The third-order valence-corrected chi connectivity index (χ3v) is 6.83. The monoisotopic (exact) mass is 434 g/mol. The first kappa shape index (κ1) is 19.2. The third kappa shape index (κ3) is 3.41. The molecule has 0 unspecified atom stereocenters. The van der Waals surface area contributed by atoms with Crippen LogP contribution in [0.5, 0.6) is 0 Å². The summed E-state index contributed by atoms with van der Waals surface area (Å²) in [7, 11) is -3.88. The number of nitrogens with one attached hydrogen (secondary N) is 3. The molecule has 0 amide bonds. The molecule has 5 rings (SSSR count). The van der Waals surface area contributed by atoms with E-state index in [2.05, 4.69) is 25.3 Å². The Hall–Kier alpha value is -3.76. The van der Waals surface area contributed by atoms with Gasteiger partial charge in [-0.2, -0.15) is 4.31 Å². The van der Waals surface area contributed by atoms with Gasteiger partial charge in [-0.3, -0.25) is 9.78 Å². The number of benzene rings is 1. The van der Waals surface area contributed by atoms with Crippen molar-refractivity contribution >= 4 is 27.2 Å². The van der Waals surface area contributed by atoms with Crippen molar-refractivity contribution in [1.82, 2.24) is 24.2 Å². The summed E-state index contributed by atoms with van der Waals surface area (Å²) in [5, 5.41) is 3.29. The minimum Gasteiger partial charge on any atom is -0.355 e. The number of rotatable bonds is 5. The molecule has 0 saturated heterocycles. The average Bonchev–Trinajstić information content (AvgIpc) is 3.44. The van der Waals surface area contributed by atoms with E-state index >= 15 is 0 Å². The van der Waals surface area contributed by atoms with Crippen LogP contribution in [0.2, 0.25) is 0 Å². The molecule has 4 heterocycles. The smallest absolute Gasteiger partial charge is 0.260 e. The van der Waals surface area contributed by atoms with Crippen molar-refractivity contribution in [2.45, 2.75) is 11.6 Å². The molecule has 1 aliphatic heterocycles. The van der Waals surface area contributed by atoms with Gasteiger partial charge in [0.1, 0.15) is 0 Å². The van der Waals surface area contributed by atoms with Gasteiger partial charge in [0, 0.05) is 29.3 Å². The molecule has 0 radical (unpaired) electrons. The number of H-pyrrole nitrogens is 2. The molecule has 0 atom stereocenters. The number of nitrogens with zero attached hydrogens (tertiary/aromatic N) is 3. The van der Waals surface area contributed by atoms with Crippen LogP contribution in [-0.4, -0.2) is 45.0 Å². The van der Waals surface area contributed by atoms with Crippen molar-refractivity contribution in [2.24, 2.45) is 0 Å². The Labute approximate surface area is 178 Å². The summed E-state index contributed by atoms with van der Waals surface area (Å²) in [4.78, 5) is 26.9. The van der Waals surface area contributed by atoms with Gasteiger partial charge in [0.25, 0.3) is 10.0 Å². The topological polar surface area (TPSA) is 124 Å². The molecule has 0 aliphatic carbocycles. The van der Waals surface area contributed by atoms with E-state index in [1.807, 2.05) is 42.5 Å². The summed E-state index contributed by atoms with van der Waals surface area (Å²) in [6, 6.07) is 13.2. The number of hydrogen-bond donors (Lipinski definition) is 3. The molecular weight excluding hydrogens is 416 g/mol. The number of aromatic amines is 2. The number of carbonyl (C=O) groups is 1. The van der Waals surface area contributed by atoms with Crippen LogP contribution < -0.4 is 5.32 Å². The lowest BCUT2D eigenvalue weighted by Crippen LogP contribution is -2.39. The molecule has 9 nitrogen and oxygen atoms in total. The zero-order chi connectivity index (χ0) is 21.4. The molecule has 0 saturated carbocycles. The van der Waals surface area contributed by atoms with E-state index in [-0.39, 0.29) is 23.9 Å². The standard InChI is InChI=1S/C21H18N6O3S/c28-17-12-27(31(29,30)18-10-23-13-24-18)11-16-19(17)21(25-15-4-2-1-3-5-15)20(26-16)14-6-8-22-9-7-14/h1-10,13,25-26H,11-12H2,(H,23,24). The van der Waals surface area contributed by atoms with Crippen LogP contribution in [-0.2, 0) is 16.6 Å². The van der Waals surface area contributed by atoms with E-state index in [0.29, 0.717) is 22.6 Å². The number of hydrogen-bond acceptors (Lipinski definition) is 6. The average molecular weight is 434 g/mol. The highest BCUT2D eigenvalue weighted by atomic mass is 32.2. The number of anilines is 2. The first-order valence-corrected chi connectivity index (χ1v) is 11.0. The molecule has 3 N–H and O–H groups in total. The van der Waals surface area contributed by atoms with E-state index in [0.717, 1.165) is 15.6 Å². The Morgan fingerprint density at radius 3 is 2.48 bits per heavy atom. The van der Waals surface area contributed by atoms with E-state index < -0.39 is 10.0 Å². The minimum atomic E-state index is -3.88. The second-order valence-electron chi connectivity index (χ2n) is 7.07. The fraction of sp³-hybridized carbons (Fsp3) is 0.0952. The number of pyridine rings is 1. The van der Waals surface area contributed by atoms with Gasteiger partial charge in [0.15, 0.2) is 10.8 Å². The molecule has 31 heavy (non-hydrogen) atoms. The lowest BCUT2D eigenvalue weighted by Gasteiger charge is -2.25. The van der Waals surface area contributed by atoms with Gasteiger partial charge in [0.05, 0.1) is 42.6 Å². The molecule has 0 fully saturated rings. The number of para-hydroxylation sites is 1. The normalized spacial score (nSPS) is 14.4. The fourth-order valence-corrected chi connectivity index (χ4v) is 4.93. The number of imidazole rings is 1. The molecule has 10 heteroatoms. The van der Waals surface area contributed by atoms with Gasteiger partial charge in [0.2, 0.25) is 0 Å². The van der Waals surface area contributed by atoms with Gasteiger partial charge in [-0.15, -0.1) is 0 Å². The maximum atomic E-state index is 13.2. The Balaban J connectivity index is 1.61. The summed E-state index contributed by atoms with van der Waals surface area (Å²) in [6.45, 7) is -0.220. The van der Waals surface area contributed by atoms with Crippen LogP contribution in [0.15, 0.2) is 72.4 Å². The molecule has 0 spiro atoms. The largest absolute Gasteiger partial charge is 0.355 e. The predicted molar refractivity (Wildman–Crippen MR) is 114 cm³/mol. The Morgan fingerprint density at radius 1 is 1.00 bits per heavy atom. The highest BCUT2D eigenvalue weighted by Crippen LogP contribution is 2.38. The van der Waals surface area contributed by atoms with Crippen LogP contribution in [0.3, 0.4) is 0 Å². The van der Waals surface area contributed by atoms with Crippen molar-refractivity contribution < 1.29 is 13.2 Å². The molecule has 3 aromatic heterocycles. The highest BCUT2D eigenvalue weighted by Gasteiger charge is 2.37. The van der Waals surface area contributed by atoms with Crippen LogP contribution in [0, 0.1) is 0 Å². The quantitative estimate of drug-likeness (QED) is 0.444. The van der Waals surface area contributed by atoms with Gasteiger partial charge >= 0.3 is 0 Å². The second-order valence-corrected chi connectivity index (χ2v) is 8.97. The van der Waals surface area contributed by atoms with Gasteiger partial charge in [-0.25, -0.2) is 13.4 Å². The third-order valence-electron chi connectivity index (χ3n) is 5.11. The number of fused-ring (bicyclic) bond motifs is 1. The van der Waals surface area contributed by atoms with Gasteiger partial charge in [-0.05, 0) is 24.3 Å². The number of carbonyl (C=O) groups excluding carboxylic acids is 1. The maximum absolute atomic E-state index is 13.2. The molecule has 4 aromatic rings. The zero-order valence-corrected chi connectivity index (χ0v) is 17.1. The lowest BCUT2D eigenvalue weighted by atomic mass is 10.0. The first-order valence-electron chi connectivity index (χ1n) is 9.53. The summed E-state index contributed by atoms with van der Waals surface area (Å²) in [5.74, 6) is -0.292. The maximum Gasteiger partial charge on any atom is 0.260 e.